The molecule has 0 bridgehead atoms. The maximum Gasteiger partial charge on any atom is 0.331 e. The molecular weight excluding hydrogens is 506 g/mol. The number of piperidine rings is 1. The van der Waals surface area contributed by atoms with E-state index < -0.39 is 11.8 Å². The Hall–Kier alpha value is -3.62. The fraction of sp³-hybridized carbons (Fsp3) is 0.438. The Morgan fingerprint density at radius 2 is 1.88 bits per heavy atom. The molecule has 3 aliphatic heterocycles. The summed E-state index contributed by atoms with van der Waals surface area (Å²) in [5, 5.41) is 9.37. The predicted molar refractivity (Wildman–Crippen MR) is 151 cm³/mol. The highest BCUT2D eigenvalue weighted by atomic mass is 16.7. The van der Waals surface area contributed by atoms with Crippen LogP contribution in [0, 0.1) is 6.92 Å². The molecule has 2 aromatic carbocycles. The first kappa shape index (κ1) is 26.6. The number of likely N-dealkylation sites (tertiary alicyclic amines) is 1. The highest BCUT2D eigenvalue weighted by molar-refractivity contribution is 5.91. The van der Waals surface area contributed by atoms with Gasteiger partial charge in [0.25, 0.3) is 5.79 Å². The van der Waals surface area contributed by atoms with Crippen LogP contribution in [-0.2, 0) is 28.4 Å². The lowest BCUT2D eigenvalue weighted by atomic mass is 9.88. The Morgan fingerprint density at radius 1 is 1.12 bits per heavy atom. The molecule has 2 fully saturated rings. The molecule has 0 saturated carbocycles. The summed E-state index contributed by atoms with van der Waals surface area (Å²) in [7, 11) is 0. The van der Waals surface area contributed by atoms with Crippen LogP contribution in [0.15, 0.2) is 54.2 Å². The zero-order valence-electron chi connectivity index (χ0n) is 23.4. The normalized spacial score (nSPS) is 23.3. The number of benzene rings is 2. The lowest BCUT2D eigenvalue weighted by Crippen LogP contribution is -2.35. The summed E-state index contributed by atoms with van der Waals surface area (Å²) in [4.78, 5) is 18.6. The summed E-state index contributed by atoms with van der Waals surface area (Å²) in [6.45, 7) is 9.75. The number of para-hydroxylation sites is 1. The molecule has 4 heterocycles. The zero-order valence-corrected chi connectivity index (χ0v) is 23.4. The molecule has 2 atom stereocenters. The molecule has 2 saturated heterocycles. The Labute approximate surface area is 235 Å². The van der Waals surface area contributed by atoms with Gasteiger partial charge in [-0.2, -0.15) is 0 Å². The van der Waals surface area contributed by atoms with Gasteiger partial charge < -0.3 is 23.9 Å². The molecule has 8 nitrogen and oxygen atoms in total. The van der Waals surface area contributed by atoms with Crippen molar-refractivity contribution in [1.82, 2.24) is 14.5 Å². The van der Waals surface area contributed by atoms with Crippen LogP contribution in [0.3, 0.4) is 0 Å². The van der Waals surface area contributed by atoms with Gasteiger partial charge >= 0.3 is 5.97 Å². The summed E-state index contributed by atoms with van der Waals surface area (Å²) < 4.78 is 20.7. The highest BCUT2D eigenvalue weighted by Crippen LogP contribution is 2.49. The zero-order chi connectivity index (χ0) is 27.9. The number of carboxylic acids is 1. The van der Waals surface area contributed by atoms with Crippen molar-refractivity contribution in [3.8, 4) is 11.5 Å². The predicted octanol–water partition coefficient (Wildman–Crippen LogP) is 5.49. The summed E-state index contributed by atoms with van der Waals surface area (Å²) in [6, 6.07) is 14.6. The van der Waals surface area contributed by atoms with Gasteiger partial charge in [-0.05, 0) is 64.3 Å². The molecule has 0 aliphatic carbocycles. The topological polar surface area (TPSA) is 86.0 Å². The van der Waals surface area contributed by atoms with Gasteiger partial charge in [-0.25, -0.2) is 9.78 Å². The minimum absolute atomic E-state index is 0.156. The van der Waals surface area contributed by atoms with Gasteiger partial charge in [0, 0.05) is 30.2 Å². The van der Waals surface area contributed by atoms with E-state index in [0.717, 1.165) is 74.1 Å². The van der Waals surface area contributed by atoms with Crippen molar-refractivity contribution in [3.05, 3.63) is 82.4 Å². The van der Waals surface area contributed by atoms with Crippen LogP contribution in [-0.4, -0.2) is 51.3 Å². The summed E-state index contributed by atoms with van der Waals surface area (Å²) in [5.74, 6) is 1.25. The van der Waals surface area contributed by atoms with Gasteiger partial charge in [-0.3, -0.25) is 4.90 Å². The first-order chi connectivity index (χ1) is 19.3. The van der Waals surface area contributed by atoms with Crippen LogP contribution in [0.5, 0.6) is 11.5 Å². The second kappa shape index (κ2) is 10.7. The minimum atomic E-state index is -0.919. The first-order valence-corrected chi connectivity index (χ1v) is 14.2. The molecule has 3 aliphatic rings. The number of carboxylic acid groups (broad SMARTS) is 1. The Kier molecular flexibility index (Phi) is 7.15. The maximum absolute atomic E-state index is 11.4. The fourth-order valence-corrected chi connectivity index (χ4v) is 5.84. The highest BCUT2D eigenvalue weighted by Gasteiger charge is 2.41. The largest absolute Gasteiger partial charge is 0.478 e. The fourth-order valence-electron chi connectivity index (χ4n) is 5.84. The lowest BCUT2D eigenvalue weighted by molar-refractivity contribution is -0.132. The SMILES string of the molecule is C/C(=C\c1cnc(CN2CCC(c3cccc4c3O[C@@](C)(c3ccc(C)cc3)O4)CC2)n1C[C@@H]1CCO1)C(=O)O. The third-order valence-electron chi connectivity index (χ3n) is 8.43. The molecule has 1 aromatic heterocycles. The number of hydrogen-bond donors (Lipinski definition) is 1. The van der Waals surface area contributed by atoms with Gasteiger partial charge in [0.05, 0.1) is 31.1 Å². The number of hydrogen-bond acceptors (Lipinski definition) is 6. The van der Waals surface area contributed by atoms with Gasteiger partial charge in [-0.15, -0.1) is 0 Å². The number of carbonyl (C=O) groups is 1. The van der Waals surface area contributed by atoms with Gasteiger partial charge in [0.1, 0.15) is 5.82 Å². The van der Waals surface area contributed by atoms with E-state index in [-0.39, 0.29) is 6.10 Å². The average molecular weight is 544 g/mol. The summed E-state index contributed by atoms with van der Waals surface area (Å²) in [5.41, 5.74) is 4.54. The number of nitrogens with zero attached hydrogens (tertiary/aromatic N) is 3. The smallest absolute Gasteiger partial charge is 0.331 e. The van der Waals surface area contributed by atoms with Gasteiger partial charge in [0.2, 0.25) is 0 Å². The third-order valence-corrected chi connectivity index (χ3v) is 8.43. The Balaban J connectivity index is 1.14. The Morgan fingerprint density at radius 3 is 2.55 bits per heavy atom. The second-order valence-electron chi connectivity index (χ2n) is 11.4. The number of rotatable bonds is 8. The number of aryl methyl sites for hydroxylation is 1. The van der Waals surface area contributed by atoms with E-state index in [4.69, 9.17) is 19.2 Å². The monoisotopic (exact) mass is 543 g/mol. The van der Waals surface area contributed by atoms with E-state index >= 15 is 0 Å². The van der Waals surface area contributed by atoms with Crippen molar-refractivity contribution in [1.29, 1.82) is 0 Å². The standard InChI is InChI=1S/C32H37N3O5/c1-21-7-9-24(10-8-21)32(3)39-28-6-4-5-27(30(28)40-32)23-11-14-34(15-12-23)20-29-33-18-25(17-22(2)31(36)37)35(29)19-26-13-16-38-26/h4-10,17-18,23,26H,11-16,19-20H2,1-3H3,(H,36,37)/b22-17+/t26-,32-/m0/s1. The van der Waals surface area contributed by atoms with Crippen LogP contribution < -0.4 is 9.47 Å². The number of fused-ring (bicyclic) bond motifs is 1. The molecule has 1 N–H and O–H groups in total. The first-order valence-electron chi connectivity index (χ1n) is 14.2. The van der Waals surface area contributed by atoms with Crippen LogP contribution >= 0.6 is 0 Å². The number of aliphatic carboxylic acids is 1. The van der Waals surface area contributed by atoms with Crippen molar-refractivity contribution in [2.75, 3.05) is 19.7 Å². The van der Waals surface area contributed by atoms with Crippen LogP contribution in [0.1, 0.15) is 67.2 Å². The number of imidazole rings is 1. The van der Waals surface area contributed by atoms with Crippen LogP contribution in [0.2, 0.25) is 0 Å². The molecule has 40 heavy (non-hydrogen) atoms. The molecule has 0 unspecified atom stereocenters. The number of ether oxygens (including phenoxy) is 3. The molecule has 0 radical (unpaired) electrons. The lowest BCUT2D eigenvalue weighted by Gasteiger charge is -2.33. The van der Waals surface area contributed by atoms with E-state index in [2.05, 4.69) is 52.8 Å². The molecule has 0 spiro atoms. The van der Waals surface area contributed by atoms with Gasteiger partial charge in [-0.1, -0.05) is 42.0 Å². The maximum atomic E-state index is 11.4. The summed E-state index contributed by atoms with van der Waals surface area (Å²) in [6.07, 6.45) is 6.68. The summed E-state index contributed by atoms with van der Waals surface area (Å²) >= 11 is 0. The second-order valence-corrected chi connectivity index (χ2v) is 11.4. The van der Waals surface area contributed by atoms with Crippen LogP contribution in [0.25, 0.3) is 6.08 Å². The van der Waals surface area contributed by atoms with E-state index in [1.807, 2.05) is 13.0 Å². The molecular formula is C32H37N3O5. The molecule has 0 amide bonds. The molecule has 8 heteroatoms. The van der Waals surface area contributed by atoms with Crippen LogP contribution in [0.4, 0.5) is 0 Å². The average Bonchev–Trinajstić information content (AvgIpc) is 3.46. The minimum Gasteiger partial charge on any atom is -0.478 e. The molecule has 3 aromatic rings. The van der Waals surface area contributed by atoms with E-state index in [0.29, 0.717) is 18.0 Å². The quantitative estimate of drug-likeness (QED) is 0.376. The van der Waals surface area contributed by atoms with Crippen molar-refractivity contribution in [3.63, 3.8) is 0 Å². The van der Waals surface area contributed by atoms with E-state index in [1.54, 1.807) is 19.2 Å². The van der Waals surface area contributed by atoms with Crippen molar-refractivity contribution in [2.24, 2.45) is 0 Å². The van der Waals surface area contributed by atoms with E-state index in [1.165, 1.54) is 11.1 Å². The van der Waals surface area contributed by atoms with Gasteiger partial charge in [0.15, 0.2) is 11.5 Å². The molecule has 210 valence electrons. The third kappa shape index (κ3) is 5.25. The Bertz CT molecular complexity index is 1420. The van der Waals surface area contributed by atoms with Crippen molar-refractivity contribution >= 4 is 12.0 Å². The van der Waals surface area contributed by atoms with Crippen molar-refractivity contribution < 1.29 is 24.1 Å². The molecule has 6 rings (SSSR count). The van der Waals surface area contributed by atoms with E-state index in [9.17, 15) is 9.90 Å². The van der Waals surface area contributed by atoms with Crippen molar-refractivity contribution in [2.45, 2.75) is 70.9 Å². The number of aromatic nitrogens is 2.